The van der Waals surface area contributed by atoms with Gasteiger partial charge in [-0.1, -0.05) is 12.5 Å². The van der Waals surface area contributed by atoms with Gasteiger partial charge in [-0.2, -0.15) is 17.0 Å². The van der Waals surface area contributed by atoms with Crippen molar-refractivity contribution in [3.63, 3.8) is 0 Å². The Labute approximate surface area is 122 Å². The zero-order valence-electron chi connectivity index (χ0n) is 11.0. The zero-order valence-corrected chi connectivity index (χ0v) is 12.7. The third kappa shape index (κ3) is 2.82. The van der Waals surface area contributed by atoms with Crippen LogP contribution in [0.4, 0.5) is 4.39 Å². The van der Waals surface area contributed by atoms with E-state index in [0.29, 0.717) is 6.54 Å². The fourth-order valence-corrected chi connectivity index (χ4v) is 4.46. The molecule has 2 rings (SSSR count). The minimum atomic E-state index is -3.87. The molecule has 0 unspecified atom stereocenters. The number of halogens is 1. The fourth-order valence-electron chi connectivity index (χ4n) is 2.17. The van der Waals surface area contributed by atoms with Crippen LogP contribution in [0.1, 0.15) is 24.8 Å². The normalized spacial score (nSPS) is 17.2. The summed E-state index contributed by atoms with van der Waals surface area (Å²) in [6, 6.07) is 5.22. The first-order chi connectivity index (χ1) is 9.44. The van der Waals surface area contributed by atoms with E-state index in [9.17, 15) is 12.8 Å². The SMILES string of the molecule is CSC1(CNS(=O)(=O)c2cccc(F)c2C#N)CCC1. The summed E-state index contributed by atoms with van der Waals surface area (Å²) in [6.07, 6.45) is 4.97. The van der Waals surface area contributed by atoms with Crippen LogP contribution in [0.25, 0.3) is 0 Å². The molecule has 0 aromatic heterocycles. The topological polar surface area (TPSA) is 70.0 Å². The molecule has 0 saturated heterocycles. The molecule has 1 aromatic carbocycles. The van der Waals surface area contributed by atoms with E-state index in [-0.39, 0.29) is 9.64 Å². The van der Waals surface area contributed by atoms with E-state index >= 15 is 0 Å². The summed E-state index contributed by atoms with van der Waals surface area (Å²) in [5, 5.41) is 8.91. The van der Waals surface area contributed by atoms with Crippen molar-refractivity contribution in [1.29, 1.82) is 5.26 Å². The Bertz CT molecular complexity index is 643. The third-order valence-electron chi connectivity index (χ3n) is 3.66. The number of benzene rings is 1. The van der Waals surface area contributed by atoms with Gasteiger partial charge < -0.3 is 0 Å². The first-order valence-electron chi connectivity index (χ1n) is 6.17. The molecule has 7 heteroatoms. The van der Waals surface area contributed by atoms with Gasteiger partial charge in [0.1, 0.15) is 22.3 Å². The first-order valence-corrected chi connectivity index (χ1v) is 8.88. The molecule has 0 spiro atoms. The van der Waals surface area contributed by atoms with Crippen LogP contribution in [-0.4, -0.2) is 26.0 Å². The molecule has 20 heavy (non-hydrogen) atoms. The molecule has 1 saturated carbocycles. The van der Waals surface area contributed by atoms with Crippen LogP contribution >= 0.6 is 11.8 Å². The Morgan fingerprint density at radius 2 is 2.20 bits per heavy atom. The lowest BCUT2D eigenvalue weighted by Gasteiger charge is -2.40. The molecule has 1 aromatic rings. The maximum atomic E-state index is 13.5. The Hall–Kier alpha value is -1.10. The molecule has 1 N–H and O–H groups in total. The van der Waals surface area contributed by atoms with E-state index < -0.39 is 21.4 Å². The predicted octanol–water partition coefficient (Wildman–Crippen LogP) is 2.26. The van der Waals surface area contributed by atoms with Gasteiger partial charge in [0.05, 0.1) is 0 Å². The highest BCUT2D eigenvalue weighted by Crippen LogP contribution is 2.42. The maximum absolute atomic E-state index is 13.5. The number of rotatable bonds is 5. The van der Waals surface area contributed by atoms with Gasteiger partial charge in [-0.25, -0.2) is 17.5 Å². The highest BCUT2D eigenvalue weighted by Gasteiger charge is 2.37. The Balaban J connectivity index is 2.23. The van der Waals surface area contributed by atoms with Gasteiger partial charge >= 0.3 is 0 Å². The van der Waals surface area contributed by atoms with Crippen molar-refractivity contribution in [3.8, 4) is 6.07 Å². The predicted molar refractivity (Wildman–Crippen MR) is 76.4 cm³/mol. The highest BCUT2D eigenvalue weighted by molar-refractivity contribution is 8.00. The minimum Gasteiger partial charge on any atom is -0.210 e. The lowest BCUT2D eigenvalue weighted by molar-refractivity contribution is 0.362. The second-order valence-corrected chi connectivity index (χ2v) is 7.80. The first kappa shape index (κ1) is 15.3. The van der Waals surface area contributed by atoms with E-state index in [1.807, 2.05) is 6.26 Å². The van der Waals surface area contributed by atoms with Crippen molar-refractivity contribution in [2.75, 3.05) is 12.8 Å². The monoisotopic (exact) mass is 314 g/mol. The van der Waals surface area contributed by atoms with Gasteiger partial charge in [-0.3, -0.25) is 0 Å². The second-order valence-electron chi connectivity index (χ2n) is 4.79. The molecule has 0 atom stereocenters. The number of nitrogens with zero attached hydrogens (tertiary/aromatic N) is 1. The van der Waals surface area contributed by atoms with E-state index in [1.165, 1.54) is 12.1 Å². The van der Waals surface area contributed by atoms with Crippen molar-refractivity contribution < 1.29 is 12.8 Å². The summed E-state index contributed by atoms with van der Waals surface area (Å²) in [5.74, 6) is -0.821. The van der Waals surface area contributed by atoms with Crippen molar-refractivity contribution in [3.05, 3.63) is 29.6 Å². The van der Waals surface area contributed by atoms with Crippen LogP contribution in [0.5, 0.6) is 0 Å². The lowest BCUT2D eigenvalue weighted by Crippen LogP contribution is -2.45. The largest absolute Gasteiger partial charge is 0.242 e. The van der Waals surface area contributed by atoms with Crippen LogP contribution in [0.15, 0.2) is 23.1 Å². The number of nitrogens with one attached hydrogen (secondary N) is 1. The maximum Gasteiger partial charge on any atom is 0.242 e. The molecule has 0 heterocycles. The van der Waals surface area contributed by atoms with Crippen molar-refractivity contribution in [1.82, 2.24) is 4.72 Å². The van der Waals surface area contributed by atoms with Gasteiger partial charge in [0.2, 0.25) is 10.0 Å². The zero-order chi connectivity index (χ0) is 14.8. The van der Waals surface area contributed by atoms with E-state index in [0.717, 1.165) is 25.3 Å². The van der Waals surface area contributed by atoms with Crippen molar-refractivity contribution in [2.24, 2.45) is 0 Å². The number of thioether (sulfide) groups is 1. The average molecular weight is 314 g/mol. The molecule has 4 nitrogen and oxygen atoms in total. The third-order valence-corrected chi connectivity index (χ3v) is 6.52. The number of sulfonamides is 1. The summed E-state index contributed by atoms with van der Waals surface area (Å²) in [7, 11) is -3.87. The van der Waals surface area contributed by atoms with Gasteiger partial charge in [0, 0.05) is 11.3 Å². The average Bonchev–Trinajstić information content (AvgIpc) is 2.37. The number of nitriles is 1. The molecule has 108 valence electrons. The summed E-state index contributed by atoms with van der Waals surface area (Å²) >= 11 is 1.64. The second kappa shape index (κ2) is 5.72. The molecule has 1 aliphatic rings. The summed E-state index contributed by atoms with van der Waals surface area (Å²) < 4.78 is 40.4. The van der Waals surface area contributed by atoms with E-state index in [1.54, 1.807) is 17.8 Å². The van der Waals surface area contributed by atoms with Crippen molar-refractivity contribution >= 4 is 21.8 Å². The molecule has 0 bridgehead atoms. The number of hydrogen-bond donors (Lipinski definition) is 1. The standard InChI is InChI=1S/C13H15FN2O2S2/c1-19-13(6-3-7-13)9-16-20(17,18)12-5-2-4-11(14)10(12)8-15/h2,4-5,16H,3,6-7,9H2,1H3. The Morgan fingerprint density at radius 3 is 2.70 bits per heavy atom. The Morgan fingerprint density at radius 1 is 1.50 bits per heavy atom. The fraction of sp³-hybridized carbons (Fsp3) is 0.462. The summed E-state index contributed by atoms with van der Waals surface area (Å²) in [5.41, 5.74) is -0.438. The van der Waals surface area contributed by atoms with Crippen LogP contribution in [0, 0.1) is 17.1 Å². The molecular weight excluding hydrogens is 299 g/mol. The van der Waals surface area contributed by atoms with Gasteiger partial charge in [-0.05, 0) is 31.2 Å². The Kier molecular flexibility index (Phi) is 4.37. The highest BCUT2D eigenvalue weighted by atomic mass is 32.2. The van der Waals surface area contributed by atoms with Crippen LogP contribution in [0.3, 0.4) is 0 Å². The molecule has 0 amide bonds. The summed E-state index contributed by atoms with van der Waals surface area (Å²) in [6.45, 7) is 0.303. The van der Waals surface area contributed by atoms with E-state index in [2.05, 4.69) is 4.72 Å². The molecule has 0 aliphatic heterocycles. The van der Waals surface area contributed by atoms with Gasteiger partial charge in [0.25, 0.3) is 0 Å². The van der Waals surface area contributed by atoms with Crippen molar-refractivity contribution in [2.45, 2.75) is 28.9 Å². The summed E-state index contributed by atoms with van der Waals surface area (Å²) in [4.78, 5) is -0.296. The van der Waals surface area contributed by atoms with Crippen LogP contribution in [-0.2, 0) is 10.0 Å². The molecule has 0 radical (unpaired) electrons. The number of hydrogen-bond acceptors (Lipinski definition) is 4. The minimum absolute atomic E-state index is 0.0623. The quantitative estimate of drug-likeness (QED) is 0.905. The lowest BCUT2D eigenvalue weighted by atomic mass is 9.84. The smallest absolute Gasteiger partial charge is 0.210 e. The molecular formula is C13H15FN2O2S2. The molecule has 1 aliphatic carbocycles. The van der Waals surface area contributed by atoms with Crippen LogP contribution in [0.2, 0.25) is 0 Å². The molecule has 1 fully saturated rings. The van der Waals surface area contributed by atoms with Gasteiger partial charge in [-0.15, -0.1) is 0 Å². The van der Waals surface area contributed by atoms with E-state index in [4.69, 9.17) is 5.26 Å². The van der Waals surface area contributed by atoms with Crippen LogP contribution < -0.4 is 4.72 Å². The van der Waals surface area contributed by atoms with Gasteiger partial charge in [0.15, 0.2) is 0 Å².